The largest absolute Gasteiger partial charge is 0.493 e. The molecule has 0 saturated carbocycles. The molecule has 1 aromatic carbocycles. The normalized spacial score (nSPS) is 13.4. The number of fused-ring (bicyclic) bond motifs is 2. The molecule has 0 atom stereocenters. The molecule has 33 heavy (non-hydrogen) atoms. The Bertz CT molecular complexity index is 1280. The average molecular weight is 465 g/mol. The summed E-state index contributed by atoms with van der Waals surface area (Å²) in [5.74, 6) is 2.12. The highest BCUT2D eigenvalue weighted by molar-refractivity contribution is 7.99. The summed E-state index contributed by atoms with van der Waals surface area (Å²) in [4.78, 5) is 14.5. The van der Waals surface area contributed by atoms with Crippen molar-refractivity contribution in [2.45, 2.75) is 43.8 Å². The number of nitrogens with one attached hydrogen (secondary N) is 1. The Morgan fingerprint density at radius 3 is 2.91 bits per heavy atom. The summed E-state index contributed by atoms with van der Waals surface area (Å²) in [7, 11) is 0. The molecule has 4 heterocycles. The summed E-state index contributed by atoms with van der Waals surface area (Å²) in [5, 5.41) is 4.34. The number of imidazole rings is 1. The molecule has 9 heteroatoms. The molecule has 4 aromatic rings. The number of rotatable bonds is 7. The molecule has 1 aliphatic rings. The van der Waals surface area contributed by atoms with Gasteiger partial charge in [-0.3, -0.25) is 0 Å². The van der Waals surface area contributed by atoms with Crippen LogP contribution in [0.15, 0.2) is 51.3 Å². The summed E-state index contributed by atoms with van der Waals surface area (Å²) < 4.78 is 13.7. The van der Waals surface area contributed by atoms with Gasteiger partial charge in [0, 0.05) is 36.5 Å². The first-order valence-corrected chi connectivity index (χ1v) is 11.9. The first kappa shape index (κ1) is 21.8. The number of hydrogen-bond acceptors (Lipinski definition) is 8. The quantitative estimate of drug-likeness (QED) is 0.388. The minimum Gasteiger partial charge on any atom is -0.493 e. The third-order valence-corrected chi connectivity index (χ3v) is 6.52. The van der Waals surface area contributed by atoms with E-state index in [9.17, 15) is 0 Å². The van der Waals surface area contributed by atoms with E-state index in [-0.39, 0.29) is 5.41 Å². The van der Waals surface area contributed by atoms with Gasteiger partial charge < -0.3 is 24.8 Å². The van der Waals surface area contributed by atoms with Crippen LogP contribution >= 0.6 is 11.8 Å². The highest BCUT2D eigenvalue weighted by atomic mass is 32.2. The number of hydrogen-bond donors (Lipinski definition) is 2. The first-order valence-electron chi connectivity index (χ1n) is 11.1. The van der Waals surface area contributed by atoms with Crippen LogP contribution < -0.4 is 15.8 Å². The number of anilines is 1. The van der Waals surface area contributed by atoms with Gasteiger partial charge in [-0.15, -0.1) is 0 Å². The molecule has 0 saturated heterocycles. The molecule has 0 bridgehead atoms. The lowest BCUT2D eigenvalue weighted by molar-refractivity contribution is 0.356. The Labute approximate surface area is 197 Å². The van der Waals surface area contributed by atoms with Gasteiger partial charge in [-0.1, -0.05) is 32.5 Å². The number of furan rings is 1. The van der Waals surface area contributed by atoms with Crippen LogP contribution in [0.4, 0.5) is 5.82 Å². The molecule has 172 valence electrons. The molecule has 8 nitrogen and oxygen atoms in total. The van der Waals surface area contributed by atoms with Gasteiger partial charge in [-0.25, -0.2) is 15.0 Å². The van der Waals surface area contributed by atoms with E-state index in [2.05, 4.69) is 52.8 Å². The van der Waals surface area contributed by atoms with E-state index < -0.39 is 0 Å². The van der Waals surface area contributed by atoms with E-state index in [0.717, 1.165) is 52.3 Å². The van der Waals surface area contributed by atoms with Crippen molar-refractivity contribution in [2.75, 3.05) is 25.4 Å². The molecule has 0 unspecified atom stereocenters. The fourth-order valence-corrected chi connectivity index (χ4v) is 4.94. The number of nitrogen functional groups attached to an aromatic ring is 1. The molecule has 0 spiro atoms. The zero-order chi connectivity index (χ0) is 23.0. The van der Waals surface area contributed by atoms with Gasteiger partial charge in [0.15, 0.2) is 22.1 Å². The van der Waals surface area contributed by atoms with Crippen molar-refractivity contribution >= 4 is 28.7 Å². The lowest BCUT2D eigenvalue weighted by Gasteiger charge is -2.19. The monoisotopic (exact) mass is 464 g/mol. The second-order valence-corrected chi connectivity index (χ2v) is 10.4. The summed E-state index contributed by atoms with van der Waals surface area (Å²) >= 11 is 1.56. The Morgan fingerprint density at radius 2 is 2.12 bits per heavy atom. The molecular weight excluding hydrogens is 436 g/mol. The number of aromatic nitrogens is 4. The topological polar surface area (TPSA) is 104 Å². The summed E-state index contributed by atoms with van der Waals surface area (Å²) in [5.41, 5.74) is 9.92. The van der Waals surface area contributed by atoms with Crippen LogP contribution in [0.3, 0.4) is 0 Å². The summed E-state index contributed by atoms with van der Waals surface area (Å²) in [6.45, 7) is 9.77. The number of nitrogens with zero attached hydrogens (tertiary/aromatic N) is 4. The number of nitrogens with two attached hydrogens (primary N) is 1. The lowest BCUT2D eigenvalue weighted by atomic mass is 9.97. The molecular formula is C24H28N6O2S. The van der Waals surface area contributed by atoms with Crippen LogP contribution in [0.5, 0.6) is 5.75 Å². The standard InChI is InChI=1S/C24H28N6O2S/c1-24(2,3)13-26-7-8-30-22-20(21(25)27-14-28-22)29-23(30)33-19-12-18-15(6-10-32-18)11-16(19)17-5-4-9-31-17/h4-5,9,11-12,14,26H,6-8,10,13H2,1-3H3,(H2,25,27,28). The Kier molecular flexibility index (Phi) is 5.76. The van der Waals surface area contributed by atoms with Gasteiger partial charge in [0.1, 0.15) is 17.8 Å². The highest BCUT2D eigenvalue weighted by Crippen LogP contribution is 2.42. The maximum absolute atomic E-state index is 6.14. The summed E-state index contributed by atoms with van der Waals surface area (Å²) in [6, 6.07) is 8.13. The van der Waals surface area contributed by atoms with E-state index in [1.165, 1.54) is 11.9 Å². The van der Waals surface area contributed by atoms with Crippen molar-refractivity contribution < 1.29 is 9.15 Å². The van der Waals surface area contributed by atoms with Gasteiger partial charge >= 0.3 is 0 Å². The van der Waals surface area contributed by atoms with Crippen molar-refractivity contribution in [3.63, 3.8) is 0 Å². The van der Waals surface area contributed by atoms with E-state index in [4.69, 9.17) is 19.9 Å². The minimum atomic E-state index is 0.212. The smallest absolute Gasteiger partial charge is 0.175 e. The van der Waals surface area contributed by atoms with Crippen LogP contribution in [0.1, 0.15) is 26.3 Å². The van der Waals surface area contributed by atoms with Gasteiger partial charge in [-0.2, -0.15) is 0 Å². The van der Waals surface area contributed by atoms with Crippen LogP contribution in [0, 0.1) is 5.41 Å². The van der Waals surface area contributed by atoms with Gasteiger partial charge in [0.25, 0.3) is 0 Å². The second kappa shape index (κ2) is 8.72. The molecule has 0 aliphatic carbocycles. The number of ether oxygens (including phenoxy) is 1. The predicted molar refractivity (Wildman–Crippen MR) is 130 cm³/mol. The SMILES string of the molecule is CC(C)(C)CNCCn1c(Sc2cc3c(cc2-c2ccco2)CCO3)nc2c(N)ncnc21. The van der Waals surface area contributed by atoms with Crippen LogP contribution in [0.2, 0.25) is 0 Å². The average Bonchev–Trinajstić information content (AvgIpc) is 3.51. The zero-order valence-electron chi connectivity index (χ0n) is 19.1. The molecule has 3 aromatic heterocycles. The van der Waals surface area contributed by atoms with Gasteiger partial charge in [0.2, 0.25) is 0 Å². The van der Waals surface area contributed by atoms with Crippen molar-refractivity contribution in [3.05, 3.63) is 42.4 Å². The Hall–Kier alpha value is -3.04. The Balaban J connectivity index is 1.52. The van der Waals surface area contributed by atoms with Crippen molar-refractivity contribution in [1.29, 1.82) is 0 Å². The van der Waals surface area contributed by atoms with Crippen molar-refractivity contribution in [1.82, 2.24) is 24.8 Å². The fraction of sp³-hybridized carbons (Fsp3) is 0.375. The van der Waals surface area contributed by atoms with E-state index in [1.54, 1.807) is 18.0 Å². The van der Waals surface area contributed by atoms with E-state index >= 15 is 0 Å². The van der Waals surface area contributed by atoms with E-state index in [0.29, 0.717) is 24.5 Å². The van der Waals surface area contributed by atoms with Gasteiger partial charge in [-0.05, 0) is 35.2 Å². The molecule has 0 radical (unpaired) electrons. The first-order chi connectivity index (χ1) is 15.9. The molecule has 3 N–H and O–H groups in total. The Morgan fingerprint density at radius 1 is 1.24 bits per heavy atom. The highest BCUT2D eigenvalue weighted by Gasteiger charge is 2.22. The molecule has 1 aliphatic heterocycles. The molecule has 0 fully saturated rings. The maximum atomic E-state index is 6.14. The lowest BCUT2D eigenvalue weighted by Crippen LogP contribution is -2.29. The van der Waals surface area contributed by atoms with Crippen molar-refractivity contribution in [2.24, 2.45) is 5.41 Å². The third-order valence-electron chi connectivity index (χ3n) is 5.47. The van der Waals surface area contributed by atoms with E-state index in [1.807, 2.05) is 12.1 Å². The fourth-order valence-electron chi connectivity index (χ4n) is 3.88. The van der Waals surface area contributed by atoms with Crippen molar-refractivity contribution in [3.8, 4) is 17.1 Å². The van der Waals surface area contributed by atoms with Crippen LogP contribution in [-0.2, 0) is 13.0 Å². The maximum Gasteiger partial charge on any atom is 0.175 e. The van der Waals surface area contributed by atoms with Gasteiger partial charge in [0.05, 0.1) is 12.9 Å². The second-order valence-electron chi connectivity index (χ2n) is 9.35. The minimum absolute atomic E-state index is 0.212. The van der Waals surface area contributed by atoms with Crippen LogP contribution in [0.25, 0.3) is 22.5 Å². The summed E-state index contributed by atoms with van der Waals surface area (Å²) in [6.07, 6.45) is 4.09. The third kappa shape index (κ3) is 4.56. The number of benzene rings is 1. The molecule has 0 amide bonds. The predicted octanol–water partition coefficient (Wildman–Crippen LogP) is 4.39. The zero-order valence-corrected chi connectivity index (χ0v) is 19.9. The van der Waals surface area contributed by atoms with Crippen LogP contribution in [-0.4, -0.2) is 39.2 Å². The molecule has 5 rings (SSSR count).